The zero-order valence-corrected chi connectivity index (χ0v) is 20.2. The van der Waals surface area contributed by atoms with Crippen molar-refractivity contribution in [3.63, 3.8) is 0 Å². The van der Waals surface area contributed by atoms with Gasteiger partial charge in [-0.05, 0) is 51.3 Å². The lowest BCUT2D eigenvalue weighted by molar-refractivity contribution is -0.139. The number of carbonyl (C=O) groups excluding carboxylic acids is 2. The molecule has 0 atom stereocenters. The predicted octanol–water partition coefficient (Wildman–Crippen LogP) is 2.32. The fraction of sp³-hybridized carbons (Fsp3) is 0.652. The minimum Gasteiger partial charge on any atom is -0.379 e. The van der Waals surface area contributed by atoms with E-state index in [1.54, 1.807) is 17.9 Å². The van der Waals surface area contributed by atoms with E-state index in [1.165, 1.54) is 16.4 Å². The largest absolute Gasteiger partial charge is 0.379 e. The lowest BCUT2D eigenvalue weighted by atomic mass is 9.80. The van der Waals surface area contributed by atoms with Crippen LogP contribution in [0.1, 0.15) is 61.9 Å². The molecule has 1 aromatic carbocycles. The normalized spacial score (nSPS) is 19.3. The monoisotopic (exact) mass is 465 g/mol. The van der Waals surface area contributed by atoms with E-state index in [-0.39, 0.29) is 16.4 Å². The number of amides is 2. The first-order chi connectivity index (χ1) is 15.2. The van der Waals surface area contributed by atoms with Crippen molar-refractivity contribution in [2.75, 3.05) is 39.4 Å². The van der Waals surface area contributed by atoms with E-state index >= 15 is 0 Å². The molecule has 1 aromatic rings. The Labute approximate surface area is 191 Å². The number of likely N-dealkylation sites (N-methyl/N-ethyl adjacent to an activating group) is 1. The van der Waals surface area contributed by atoms with E-state index < -0.39 is 21.5 Å². The Bertz CT molecular complexity index is 931. The Balaban J connectivity index is 1.90. The second-order valence-corrected chi connectivity index (χ2v) is 10.5. The molecule has 2 fully saturated rings. The van der Waals surface area contributed by atoms with Gasteiger partial charge in [-0.15, -0.1) is 0 Å². The van der Waals surface area contributed by atoms with Crippen LogP contribution in [0.5, 0.6) is 0 Å². The van der Waals surface area contributed by atoms with Crippen molar-refractivity contribution in [3.8, 4) is 0 Å². The molecule has 0 spiro atoms. The summed E-state index contributed by atoms with van der Waals surface area (Å²) in [4.78, 5) is 28.6. The number of benzene rings is 1. The first-order valence-electron chi connectivity index (χ1n) is 11.6. The molecule has 0 radical (unpaired) electrons. The third kappa shape index (κ3) is 5.00. The molecular formula is C23H35N3O5S. The molecule has 32 heavy (non-hydrogen) atoms. The number of carbonyl (C=O) groups is 2. The van der Waals surface area contributed by atoms with Crippen LogP contribution in [0.15, 0.2) is 23.1 Å². The third-order valence-electron chi connectivity index (χ3n) is 6.58. The molecular weight excluding hydrogens is 430 g/mol. The van der Waals surface area contributed by atoms with Gasteiger partial charge >= 0.3 is 0 Å². The van der Waals surface area contributed by atoms with Gasteiger partial charge in [0.05, 0.1) is 18.1 Å². The van der Waals surface area contributed by atoms with Crippen molar-refractivity contribution in [3.05, 3.63) is 29.3 Å². The standard InChI is InChI=1S/C23H35N3O5S/c1-4-25(5-2)22(28)23(11-7-6-8-12-23)24-21(27)20-17-19(10-9-18(20)3)32(29,30)26-13-15-31-16-14-26/h9-10,17H,4-8,11-16H2,1-3H3,(H,24,27). The SMILES string of the molecule is CCN(CC)C(=O)C1(NC(=O)c2cc(S(=O)(=O)N3CCOCC3)ccc2C)CCCCC1. The zero-order valence-electron chi connectivity index (χ0n) is 19.4. The predicted molar refractivity (Wildman–Crippen MR) is 122 cm³/mol. The summed E-state index contributed by atoms with van der Waals surface area (Å²) in [6.07, 6.45) is 3.97. The van der Waals surface area contributed by atoms with E-state index in [0.29, 0.717) is 57.8 Å². The maximum absolute atomic E-state index is 13.4. The molecule has 1 saturated heterocycles. The number of ether oxygens (including phenoxy) is 1. The Morgan fingerprint density at radius 3 is 2.31 bits per heavy atom. The highest BCUT2D eigenvalue weighted by atomic mass is 32.2. The van der Waals surface area contributed by atoms with Crippen LogP contribution in [0, 0.1) is 6.92 Å². The summed E-state index contributed by atoms with van der Waals surface area (Å²) in [5.74, 6) is -0.450. The van der Waals surface area contributed by atoms with Crippen LogP contribution in [0.2, 0.25) is 0 Å². The average molecular weight is 466 g/mol. The molecule has 2 aliphatic rings. The summed E-state index contributed by atoms with van der Waals surface area (Å²) in [5, 5.41) is 3.04. The van der Waals surface area contributed by atoms with Gasteiger partial charge in [-0.3, -0.25) is 9.59 Å². The van der Waals surface area contributed by atoms with Gasteiger partial charge in [0.15, 0.2) is 0 Å². The van der Waals surface area contributed by atoms with Gasteiger partial charge in [-0.25, -0.2) is 8.42 Å². The molecule has 1 heterocycles. The van der Waals surface area contributed by atoms with E-state index in [4.69, 9.17) is 4.74 Å². The van der Waals surface area contributed by atoms with Crippen molar-refractivity contribution in [1.82, 2.24) is 14.5 Å². The first kappa shape index (κ1) is 24.7. The van der Waals surface area contributed by atoms with Gasteiger partial charge < -0.3 is 15.0 Å². The summed E-state index contributed by atoms with van der Waals surface area (Å²) in [7, 11) is -3.72. The summed E-state index contributed by atoms with van der Waals surface area (Å²) >= 11 is 0. The zero-order chi connectivity index (χ0) is 23.4. The molecule has 9 heteroatoms. The Morgan fingerprint density at radius 1 is 1.09 bits per heavy atom. The van der Waals surface area contributed by atoms with Crippen molar-refractivity contribution in [2.45, 2.75) is 63.3 Å². The number of nitrogens with one attached hydrogen (secondary N) is 1. The quantitative estimate of drug-likeness (QED) is 0.667. The van der Waals surface area contributed by atoms with Gasteiger partial charge in [0.2, 0.25) is 15.9 Å². The molecule has 2 amide bonds. The fourth-order valence-corrected chi connectivity index (χ4v) is 6.02. The van der Waals surface area contributed by atoms with Crippen LogP contribution in [0.4, 0.5) is 0 Å². The Kier molecular flexibility index (Phi) is 7.95. The maximum Gasteiger partial charge on any atom is 0.252 e. The molecule has 178 valence electrons. The Morgan fingerprint density at radius 2 is 1.72 bits per heavy atom. The van der Waals surface area contributed by atoms with Crippen molar-refractivity contribution >= 4 is 21.8 Å². The van der Waals surface area contributed by atoms with Crippen molar-refractivity contribution < 1.29 is 22.7 Å². The van der Waals surface area contributed by atoms with Gasteiger partial charge in [0, 0.05) is 31.7 Å². The molecule has 1 saturated carbocycles. The number of rotatable bonds is 7. The highest BCUT2D eigenvalue weighted by Crippen LogP contribution is 2.31. The smallest absolute Gasteiger partial charge is 0.252 e. The number of sulfonamides is 1. The minimum absolute atomic E-state index is 0.0507. The summed E-state index contributed by atoms with van der Waals surface area (Å²) in [5.41, 5.74) is 0.0219. The fourth-order valence-electron chi connectivity index (χ4n) is 4.59. The number of hydrogen-bond acceptors (Lipinski definition) is 5. The highest BCUT2D eigenvalue weighted by molar-refractivity contribution is 7.89. The summed E-state index contributed by atoms with van der Waals surface area (Å²) in [6.45, 7) is 8.10. The van der Waals surface area contributed by atoms with Crippen LogP contribution in [-0.4, -0.2) is 74.4 Å². The number of nitrogens with zero attached hydrogens (tertiary/aromatic N) is 2. The van der Waals surface area contributed by atoms with Crippen LogP contribution in [0.25, 0.3) is 0 Å². The first-order valence-corrected chi connectivity index (χ1v) is 13.0. The number of hydrogen-bond donors (Lipinski definition) is 1. The molecule has 0 unspecified atom stereocenters. The molecule has 0 aromatic heterocycles. The van der Waals surface area contributed by atoms with Crippen LogP contribution in [-0.2, 0) is 19.6 Å². The van der Waals surface area contributed by atoms with Gasteiger partial charge in [-0.2, -0.15) is 4.31 Å². The second kappa shape index (κ2) is 10.3. The molecule has 3 rings (SSSR count). The highest BCUT2D eigenvalue weighted by Gasteiger charge is 2.43. The lowest BCUT2D eigenvalue weighted by Gasteiger charge is -2.40. The molecule has 1 N–H and O–H groups in total. The number of aryl methyl sites for hydroxylation is 1. The van der Waals surface area contributed by atoms with Crippen molar-refractivity contribution in [2.24, 2.45) is 0 Å². The van der Waals surface area contributed by atoms with Crippen LogP contribution < -0.4 is 5.32 Å². The van der Waals surface area contributed by atoms with Gasteiger partial charge in [-0.1, -0.05) is 25.3 Å². The molecule has 8 nitrogen and oxygen atoms in total. The Hall–Kier alpha value is -1.97. The molecule has 1 aliphatic carbocycles. The topological polar surface area (TPSA) is 96.0 Å². The van der Waals surface area contributed by atoms with Crippen molar-refractivity contribution in [1.29, 1.82) is 0 Å². The molecule has 0 bridgehead atoms. The van der Waals surface area contributed by atoms with Gasteiger partial charge in [0.25, 0.3) is 5.91 Å². The lowest BCUT2D eigenvalue weighted by Crippen LogP contribution is -2.60. The van der Waals surface area contributed by atoms with Crippen LogP contribution >= 0.6 is 0 Å². The second-order valence-electron chi connectivity index (χ2n) is 8.57. The van der Waals surface area contributed by atoms with E-state index in [1.807, 2.05) is 13.8 Å². The van der Waals surface area contributed by atoms with E-state index in [9.17, 15) is 18.0 Å². The summed E-state index contributed by atoms with van der Waals surface area (Å²) in [6, 6.07) is 4.63. The summed E-state index contributed by atoms with van der Waals surface area (Å²) < 4.78 is 32.8. The average Bonchev–Trinajstić information content (AvgIpc) is 2.81. The molecule has 1 aliphatic heterocycles. The number of morpholine rings is 1. The van der Waals surface area contributed by atoms with E-state index in [2.05, 4.69) is 5.32 Å². The van der Waals surface area contributed by atoms with Gasteiger partial charge in [0.1, 0.15) is 5.54 Å². The maximum atomic E-state index is 13.4. The van der Waals surface area contributed by atoms with Crippen LogP contribution in [0.3, 0.4) is 0 Å². The minimum atomic E-state index is -3.72. The van der Waals surface area contributed by atoms with E-state index in [0.717, 1.165) is 19.3 Å². The third-order valence-corrected chi connectivity index (χ3v) is 8.48.